The summed E-state index contributed by atoms with van der Waals surface area (Å²) in [6.07, 6.45) is -0.0196. The van der Waals surface area contributed by atoms with Crippen molar-refractivity contribution in [1.29, 1.82) is 0 Å². The Morgan fingerprint density at radius 3 is 2.27 bits per heavy atom. The summed E-state index contributed by atoms with van der Waals surface area (Å²) in [6.45, 7) is 0.225. The van der Waals surface area contributed by atoms with Crippen molar-refractivity contribution in [3.05, 3.63) is 77.6 Å². The number of sulfonamides is 1. The van der Waals surface area contributed by atoms with Crippen LogP contribution >= 0.6 is 11.6 Å². The maximum Gasteiger partial charge on any atom is 0.322 e. The Bertz CT molecular complexity index is 1420. The number of likely N-dealkylation sites (tertiary alicyclic amines) is 1. The Labute approximate surface area is 218 Å². The SMILES string of the molecule is COC1CC(C(=O)Nc2ccc(-c3cc(F)ccc3S(N)(=O)=O)cc2)N(C(=O)Nc2ccc(Cl)cc2)C1. The lowest BCUT2D eigenvalue weighted by molar-refractivity contribution is -0.119. The standard InChI is InChI=1S/C25H24ClFN4O5S/c1-36-20-13-22(31(14-20)25(33)30-19-9-4-16(26)5-10-19)24(32)29-18-7-2-15(3-8-18)21-12-17(27)6-11-23(21)37(28,34)35/h2-12,20,22H,13-14H2,1H3,(H,29,32)(H,30,33)(H2,28,34,35). The maximum atomic E-state index is 13.8. The number of nitrogens with one attached hydrogen (secondary N) is 2. The van der Waals surface area contributed by atoms with Gasteiger partial charge in [-0.25, -0.2) is 22.7 Å². The number of urea groups is 1. The van der Waals surface area contributed by atoms with Gasteiger partial charge in [-0.15, -0.1) is 0 Å². The van der Waals surface area contributed by atoms with Crippen LogP contribution in [-0.4, -0.2) is 51.1 Å². The molecule has 3 aromatic rings. The number of amides is 3. The van der Waals surface area contributed by atoms with Crippen molar-refractivity contribution in [3.8, 4) is 11.1 Å². The molecule has 0 radical (unpaired) electrons. The van der Waals surface area contributed by atoms with E-state index in [1.807, 2.05) is 0 Å². The van der Waals surface area contributed by atoms with Gasteiger partial charge in [0.05, 0.1) is 11.0 Å². The quantitative estimate of drug-likeness (QED) is 0.429. The molecule has 0 spiro atoms. The first-order chi connectivity index (χ1) is 17.5. The Morgan fingerprint density at radius 1 is 1.03 bits per heavy atom. The van der Waals surface area contributed by atoms with Crippen LogP contribution in [-0.2, 0) is 19.6 Å². The summed E-state index contributed by atoms with van der Waals surface area (Å²) in [6, 6.07) is 14.7. The maximum absolute atomic E-state index is 13.8. The van der Waals surface area contributed by atoms with Gasteiger partial charge in [0.1, 0.15) is 11.9 Å². The molecule has 0 saturated carbocycles. The van der Waals surface area contributed by atoms with Crippen molar-refractivity contribution in [2.24, 2.45) is 5.14 Å². The summed E-state index contributed by atoms with van der Waals surface area (Å²) in [4.78, 5) is 27.2. The molecule has 3 aromatic carbocycles. The van der Waals surface area contributed by atoms with E-state index in [2.05, 4.69) is 10.6 Å². The van der Waals surface area contributed by atoms with Gasteiger partial charge in [0.25, 0.3) is 0 Å². The van der Waals surface area contributed by atoms with Crippen molar-refractivity contribution in [2.75, 3.05) is 24.3 Å². The zero-order valence-electron chi connectivity index (χ0n) is 19.6. The Hall–Kier alpha value is -3.51. The Balaban J connectivity index is 1.50. The van der Waals surface area contributed by atoms with Gasteiger partial charge in [-0.05, 0) is 60.2 Å². The number of nitrogens with zero attached hydrogens (tertiary/aromatic N) is 1. The smallest absolute Gasteiger partial charge is 0.322 e. The van der Waals surface area contributed by atoms with Crippen LogP contribution < -0.4 is 15.8 Å². The third-order valence-electron chi connectivity index (χ3n) is 5.97. The lowest BCUT2D eigenvalue weighted by atomic mass is 10.0. The van der Waals surface area contributed by atoms with E-state index in [-0.39, 0.29) is 23.1 Å². The lowest BCUT2D eigenvalue weighted by Gasteiger charge is -2.24. The van der Waals surface area contributed by atoms with Crippen LogP contribution in [0.5, 0.6) is 0 Å². The molecular weight excluding hydrogens is 523 g/mol. The first kappa shape index (κ1) is 26.6. The highest BCUT2D eigenvalue weighted by atomic mass is 35.5. The molecule has 12 heteroatoms. The number of methoxy groups -OCH3 is 1. The van der Waals surface area contributed by atoms with Crippen LogP contribution in [0.4, 0.5) is 20.6 Å². The van der Waals surface area contributed by atoms with Crippen LogP contribution in [0.2, 0.25) is 5.02 Å². The third kappa shape index (κ3) is 6.25. The van der Waals surface area contributed by atoms with Gasteiger partial charge in [-0.3, -0.25) is 4.79 Å². The van der Waals surface area contributed by atoms with Crippen LogP contribution in [0.3, 0.4) is 0 Å². The fraction of sp³-hybridized carbons (Fsp3) is 0.200. The number of halogens is 2. The molecule has 1 fully saturated rings. The molecule has 37 heavy (non-hydrogen) atoms. The minimum absolute atomic E-state index is 0.101. The molecule has 4 N–H and O–H groups in total. The van der Waals surface area contributed by atoms with Crippen molar-refractivity contribution < 1.29 is 27.1 Å². The second-order valence-electron chi connectivity index (χ2n) is 8.45. The van der Waals surface area contributed by atoms with Crippen LogP contribution in [0, 0.1) is 5.82 Å². The number of hydrogen-bond acceptors (Lipinski definition) is 5. The van der Waals surface area contributed by atoms with Crippen molar-refractivity contribution in [1.82, 2.24) is 4.90 Å². The summed E-state index contributed by atoms with van der Waals surface area (Å²) in [5.74, 6) is -1.04. The second-order valence-corrected chi connectivity index (χ2v) is 10.4. The first-order valence-electron chi connectivity index (χ1n) is 11.1. The van der Waals surface area contributed by atoms with Crippen LogP contribution in [0.15, 0.2) is 71.6 Å². The molecule has 0 bridgehead atoms. The number of nitrogens with two attached hydrogens (primary N) is 1. The Morgan fingerprint density at radius 2 is 1.65 bits per heavy atom. The largest absolute Gasteiger partial charge is 0.380 e. The van der Waals surface area contributed by atoms with Gasteiger partial charge in [0.2, 0.25) is 15.9 Å². The number of primary sulfonamides is 1. The highest BCUT2D eigenvalue weighted by molar-refractivity contribution is 7.89. The first-order valence-corrected chi connectivity index (χ1v) is 13.1. The zero-order valence-corrected chi connectivity index (χ0v) is 21.2. The van der Waals surface area contributed by atoms with Gasteiger partial charge in [0.15, 0.2) is 0 Å². The molecule has 9 nitrogen and oxygen atoms in total. The number of ether oxygens (including phenoxy) is 1. The van der Waals surface area contributed by atoms with Crippen molar-refractivity contribution in [3.63, 3.8) is 0 Å². The molecule has 1 heterocycles. The lowest BCUT2D eigenvalue weighted by Crippen LogP contribution is -2.45. The predicted molar refractivity (Wildman–Crippen MR) is 138 cm³/mol. The van der Waals surface area contributed by atoms with Gasteiger partial charge in [-0.1, -0.05) is 23.7 Å². The normalized spacial score (nSPS) is 17.5. The summed E-state index contributed by atoms with van der Waals surface area (Å²) in [5.41, 5.74) is 1.43. The molecule has 1 saturated heterocycles. The molecule has 3 amide bonds. The number of anilines is 2. The number of benzene rings is 3. The molecule has 194 valence electrons. The molecule has 1 aliphatic rings. The number of carbonyl (C=O) groups is 2. The fourth-order valence-corrected chi connectivity index (χ4v) is 4.97. The molecule has 1 aliphatic heterocycles. The van der Waals surface area contributed by atoms with E-state index in [9.17, 15) is 22.4 Å². The van der Waals surface area contributed by atoms with Crippen molar-refractivity contribution in [2.45, 2.75) is 23.5 Å². The predicted octanol–water partition coefficient (Wildman–Crippen LogP) is 4.05. The minimum Gasteiger partial charge on any atom is -0.380 e. The average Bonchev–Trinajstić information content (AvgIpc) is 3.30. The third-order valence-corrected chi connectivity index (χ3v) is 7.19. The van der Waals surface area contributed by atoms with E-state index in [1.54, 1.807) is 36.4 Å². The zero-order chi connectivity index (χ0) is 26.7. The van der Waals surface area contributed by atoms with E-state index < -0.39 is 33.8 Å². The van der Waals surface area contributed by atoms with Gasteiger partial charge in [0, 0.05) is 42.0 Å². The molecule has 2 unspecified atom stereocenters. The van der Waals surface area contributed by atoms with Crippen LogP contribution in [0.25, 0.3) is 11.1 Å². The minimum atomic E-state index is -4.08. The second kappa shape index (κ2) is 10.9. The number of rotatable bonds is 6. The number of hydrogen-bond donors (Lipinski definition) is 3. The topological polar surface area (TPSA) is 131 Å². The summed E-state index contributed by atoms with van der Waals surface area (Å²) in [7, 11) is -2.57. The summed E-state index contributed by atoms with van der Waals surface area (Å²) >= 11 is 5.89. The van der Waals surface area contributed by atoms with E-state index in [0.29, 0.717) is 28.4 Å². The van der Waals surface area contributed by atoms with E-state index in [4.69, 9.17) is 21.5 Å². The highest BCUT2D eigenvalue weighted by Crippen LogP contribution is 2.29. The van der Waals surface area contributed by atoms with E-state index in [0.717, 1.165) is 18.2 Å². The van der Waals surface area contributed by atoms with E-state index >= 15 is 0 Å². The summed E-state index contributed by atoms with van der Waals surface area (Å²) < 4.78 is 43.0. The highest BCUT2D eigenvalue weighted by Gasteiger charge is 2.40. The molecular formula is C25H24ClFN4O5S. The Kier molecular flexibility index (Phi) is 7.79. The molecule has 4 rings (SSSR count). The average molecular weight is 547 g/mol. The summed E-state index contributed by atoms with van der Waals surface area (Å²) in [5, 5.41) is 11.3. The number of carbonyl (C=O) groups excluding carboxylic acids is 2. The fourth-order valence-electron chi connectivity index (χ4n) is 4.10. The monoisotopic (exact) mass is 546 g/mol. The van der Waals surface area contributed by atoms with Gasteiger partial charge >= 0.3 is 6.03 Å². The van der Waals surface area contributed by atoms with Crippen molar-refractivity contribution >= 4 is 44.9 Å². The van der Waals surface area contributed by atoms with Crippen LogP contribution in [0.1, 0.15) is 6.42 Å². The molecule has 0 aromatic heterocycles. The van der Waals surface area contributed by atoms with Gasteiger partial charge in [-0.2, -0.15) is 0 Å². The molecule has 0 aliphatic carbocycles. The van der Waals surface area contributed by atoms with E-state index in [1.165, 1.54) is 24.1 Å². The molecule has 2 atom stereocenters. The van der Waals surface area contributed by atoms with Gasteiger partial charge < -0.3 is 20.3 Å².